The first-order valence-corrected chi connectivity index (χ1v) is 10.8. The Bertz CT molecular complexity index is 1380. The molecule has 0 saturated carbocycles. The van der Waals surface area contributed by atoms with Crippen molar-refractivity contribution in [2.75, 3.05) is 16.4 Å². The Balaban J connectivity index is 1.68. The van der Waals surface area contributed by atoms with Gasteiger partial charge in [-0.2, -0.15) is 0 Å². The summed E-state index contributed by atoms with van der Waals surface area (Å²) in [7, 11) is 0. The highest BCUT2D eigenvalue weighted by atomic mass is 35.5. The summed E-state index contributed by atoms with van der Waals surface area (Å²) in [5, 5.41) is 6.26. The summed E-state index contributed by atoms with van der Waals surface area (Å²) >= 11 is 12.6. The van der Waals surface area contributed by atoms with E-state index in [1.165, 1.54) is 6.33 Å². The van der Waals surface area contributed by atoms with Gasteiger partial charge in [-0.1, -0.05) is 41.4 Å². The molecule has 0 saturated heterocycles. The lowest BCUT2D eigenvalue weighted by atomic mass is 10.0. The summed E-state index contributed by atoms with van der Waals surface area (Å²) in [5.41, 5.74) is 7.89. The van der Waals surface area contributed by atoms with E-state index in [9.17, 15) is 9.59 Å². The zero-order chi connectivity index (χ0) is 23.7. The number of nitrogens with two attached hydrogens (primary N) is 1. The first-order chi connectivity index (χ1) is 15.8. The molecule has 2 aromatic carbocycles. The van der Waals surface area contributed by atoms with E-state index in [-0.39, 0.29) is 33.9 Å². The number of carbonyl (C=O) groups excluding carboxylic acids is 2. The number of fused-ring (bicyclic) bond motifs is 1. The lowest BCUT2D eigenvalue weighted by molar-refractivity contribution is 0.104. The number of hydrogen-bond donors (Lipinski definition) is 3. The Kier molecular flexibility index (Phi) is 6.22. The Morgan fingerprint density at radius 1 is 0.970 bits per heavy atom. The maximum atomic E-state index is 13.5. The molecule has 0 aliphatic rings. The molecule has 4 N–H and O–H groups in total. The summed E-state index contributed by atoms with van der Waals surface area (Å²) < 4.78 is 1.85. The maximum absolute atomic E-state index is 13.5. The lowest BCUT2D eigenvalue weighted by Gasteiger charge is -2.12. The quantitative estimate of drug-likeness (QED) is 0.312. The SMILES string of the molecule is CC(C)n1cc(C(=O)c2cccc(NC(=O)Nc3ccccc3Cl)c2Cl)c2c(N)ncnc21. The summed E-state index contributed by atoms with van der Waals surface area (Å²) in [5.74, 6) is -0.159. The molecule has 2 aromatic heterocycles. The largest absolute Gasteiger partial charge is 0.383 e. The van der Waals surface area contributed by atoms with E-state index >= 15 is 0 Å². The van der Waals surface area contributed by atoms with Crippen molar-refractivity contribution in [3.8, 4) is 0 Å². The number of urea groups is 1. The Hall–Kier alpha value is -3.62. The van der Waals surface area contributed by atoms with Gasteiger partial charge in [-0.15, -0.1) is 0 Å². The number of anilines is 3. The zero-order valence-electron chi connectivity index (χ0n) is 17.8. The minimum Gasteiger partial charge on any atom is -0.383 e. The standard InChI is InChI=1S/C23H20Cl2N6O2/c1-12(2)31-10-14(18-21(26)27-11-28-22(18)31)20(32)13-6-5-9-17(19(13)25)30-23(33)29-16-8-4-3-7-15(16)24/h3-12H,1-2H3,(H2,26,27,28)(H2,29,30,33). The fourth-order valence-electron chi connectivity index (χ4n) is 3.46. The fourth-order valence-corrected chi connectivity index (χ4v) is 3.90. The van der Waals surface area contributed by atoms with E-state index in [4.69, 9.17) is 28.9 Å². The van der Waals surface area contributed by atoms with Crippen LogP contribution in [0.25, 0.3) is 11.0 Å². The van der Waals surface area contributed by atoms with Crippen molar-refractivity contribution in [2.24, 2.45) is 0 Å². The van der Waals surface area contributed by atoms with Gasteiger partial charge in [0.25, 0.3) is 0 Å². The van der Waals surface area contributed by atoms with Gasteiger partial charge in [-0.05, 0) is 38.1 Å². The van der Waals surface area contributed by atoms with Crippen molar-refractivity contribution < 1.29 is 9.59 Å². The number of nitrogen functional groups attached to an aromatic ring is 1. The molecule has 2 heterocycles. The third kappa shape index (κ3) is 4.35. The molecule has 10 heteroatoms. The molecule has 8 nitrogen and oxygen atoms in total. The van der Waals surface area contributed by atoms with Crippen LogP contribution in [0.3, 0.4) is 0 Å². The molecule has 4 rings (SSSR count). The van der Waals surface area contributed by atoms with E-state index in [2.05, 4.69) is 20.6 Å². The Labute approximate surface area is 199 Å². The third-order valence-corrected chi connectivity index (χ3v) is 5.79. The molecule has 4 aromatic rings. The third-order valence-electron chi connectivity index (χ3n) is 5.05. The van der Waals surface area contributed by atoms with E-state index in [1.807, 2.05) is 18.4 Å². The number of aromatic nitrogens is 3. The van der Waals surface area contributed by atoms with E-state index in [0.29, 0.717) is 27.3 Å². The average Bonchev–Trinajstić information content (AvgIpc) is 3.18. The number of nitrogens with one attached hydrogen (secondary N) is 2. The second-order valence-corrected chi connectivity index (χ2v) is 8.34. The number of benzene rings is 2. The smallest absolute Gasteiger partial charge is 0.323 e. The molecule has 2 amide bonds. The predicted molar refractivity (Wildman–Crippen MR) is 131 cm³/mol. The molecular weight excluding hydrogens is 463 g/mol. The van der Waals surface area contributed by atoms with Gasteiger partial charge in [0.05, 0.1) is 32.4 Å². The topological polar surface area (TPSA) is 115 Å². The number of amides is 2. The van der Waals surface area contributed by atoms with Gasteiger partial charge < -0.3 is 20.9 Å². The number of carbonyl (C=O) groups is 2. The van der Waals surface area contributed by atoms with Crippen molar-refractivity contribution in [1.82, 2.24) is 14.5 Å². The highest BCUT2D eigenvalue weighted by Gasteiger charge is 2.24. The molecule has 168 valence electrons. The summed E-state index contributed by atoms with van der Waals surface area (Å²) in [6, 6.07) is 11.1. The molecule has 0 bridgehead atoms. The van der Waals surface area contributed by atoms with Crippen molar-refractivity contribution in [3.63, 3.8) is 0 Å². The summed E-state index contributed by atoms with van der Waals surface area (Å²) in [6.07, 6.45) is 3.06. The van der Waals surface area contributed by atoms with Crippen molar-refractivity contribution in [3.05, 3.63) is 76.2 Å². The van der Waals surface area contributed by atoms with Crippen LogP contribution in [-0.2, 0) is 0 Å². The van der Waals surface area contributed by atoms with Crippen LogP contribution in [0.4, 0.5) is 22.0 Å². The molecule has 0 radical (unpaired) electrons. The summed E-state index contributed by atoms with van der Waals surface area (Å²) in [6.45, 7) is 3.95. The monoisotopic (exact) mass is 482 g/mol. The average molecular weight is 483 g/mol. The Morgan fingerprint density at radius 2 is 1.67 bits per heavy atom. The van der Waals surface area contributed by atoms with E-state index < -0.39 is 6.03 Å². The van der Waals surface area contributed by atoms with Gasteiger partial charge in [0, 0.05) is 17.8 Å². The molecule has 0 spiro atoms. The number of hydrogen-bond acceptors (Lipinski definition) is 5. The van der Waals surface area contributed by atoms with Gasteiger partial charge in [0.1, 0.15) is 17.8 Å². The minimum absolute atomic E-state index is 0.0420. The molecule has 0 fully saturated rings. The lowest BCUT2D eigenvalue weighted by Crippen LogP contribution is -2.20. The minimum atomic E-state index is -0.552. The summed E-state index contributed by atoms with van der Waals surface area (Å²) in [4.78, 5) is 34.3. The van der Waals surface area contributed by atoms with Gasteiger partial charge >= 0.3 is 6.03 Å². The highest BCUT2D eigenvalue weighted by Crippen LogP contribution is 2.33. The van der Waals surface area contributed by atoms with Crippen LogP contribution in [-0.4, -0.2) is 26.3 Å². The van der Waals surface area contributed by atoms with Crippen LogP contribution in [0.1, 0.15) is 35.8 Å². The van der Waals surface area contributed by atoms with Crippen LogP contribution < -0.4 is 16.4 Å². The second-order valence-electron chi connectivity index (χ2n) is 7.56. The van der Waals surface area contributed by atoms with Crippen LogP contribution in [0.5, 0.6) is 0 Å². The second kappa shape index (κ2) is 9.09. The number of nitrogens with zero attached hydrogens (tertiary/aromatic N) is 3. The number of halogens is 2. The van der Waals surface area contributed by atoms with Gasteiger partial charge in [-0.25, -0.2) is 14.8 Å². The fraction of sp³-hybridized carbons (Fsp3) is 0.130. The van der Waals surface area contributed by atoms with Crippen LogP contribution in [0, 0.1) is 0 Å². The molecule has 0 aliphatic heterocycles. The van der Waals surface area contributed by atoms with Gasteiger partial charge in [-0.3, -0.25) is 4.79 Å². The molecule has 0 atom stereocenters. The van der Waals surface area contributed by atoms with Crippen molar-refractivity contribution in [2.45, 2.75) is 19.9 Å². The molecular formula is C23H20Cl2N6O2. The zero-order valence-corrected chi connectivity index (χ0v) is 19.3. The maximum Gasteiger partial charge on any atom is 0.323 e. The van der Waals surface area contributed by atoms with Crippen molar-refractivity contribution >= 4 is 63.2 Å². The predicted octanol–water partition coefficient (Wildman–Crippen LogP) is 5.78. The van der Waals surface area contributed by atoms with Crippen LogP contribution >= 0.6 is 23.2 Å². The number of ketones is 1. The highest BCUT2D eigenvalue weighted by molar-refractivity contribution is 6.38. The first-order valence-electron chi connectivity index (χ1n) is 10.0. The molecule has 33 heavy (non-hydrogen) atoms. The van der Waals surface area contributed by atoms with Crippen LogP contribution in [0.2, 0.25) is 10.0 Å². The van der Waals surface area contributed by atoms with E-state index in [0.717, 1.165) is 0 Å². The number of rotatable bonds is 5. The first kappa shape index (κ1) is 22.6. The van der Waals surface area contributed by atoms with Gasteiger partial charge in [0.15, 0.2) is 5.78 Å². The number of para-hydroxylation sites is 1. The molecule has 0 unspecified atom stereocenters. The normalized spacial score (nSPS) is 11.1. The van der Waals surface area contributed by atoms with E-state index in [1.54, 1.807) is 48.7 Å². The molecule has 0 aliphatic carbocycles. The van der Waals surface area contributed by atoms with Crippen molar-refractivity contribution in [1.29, 1.82) is 0 Å². The van der Waals surface area contributed by atoms with Gasteiger partial charge in [0.2, 0.25) is 0 Å². The Morgan fingerprint density at radius 3 is 2.39 bits per heavy atom. The van der Waals surface area contributed by atoms with Crippen LogP contribution in [0.15, 0.2) is 55.0 Å².